The predicted molar refractivity (Wildman–Crippen MR) is 81.4 cm³/mol. The predicted octanol–water partition coefficient (Wildman–Crippen LogP) is 0.842. The summed E-state index contributed by atoms with van der Waals surface area (Å²) >= 11 is 0. The number of nitrogens with zero attached hydrogens (tertiary/aromatic N) is 4. The Bertz CT molecular complexity index is 629. The molecule has 1 aliphatic rings. The fourth-order valence-corrected chi connectivity index (χ4v) is 2.45. The van der Waals surface area contributed by atoms with Gasteiger partial charge < -0.3 is 15.5 Å². The van der Waals surface area contributed by atoms with Crippen LogP contribution in [-0.4, -0.2) is 58.7 Å². The molecule has 6 heteroatoms. The van der Waals surface area contributed by atoms with Crippen molar-refractivity contribution >= 4 is 11.7 Å². The quantitative estimate of drug-likeness (QED) is 0.888. The van der Waals surface area contributed by atoms with Gasteiger partial charge in [0.25, 0.3) is 5.91 Å². The molecule has 2 aromatic rings. The number of hydrogen-bond acceptors (Lipinski definition) is 4. The second kappa shape index (κ2) is 5.57. The number of nitrogens with two attached hydrogens (primary N) is 1. The number of hydrogen-bond donors (Lipinski definition) is 1. The zero-order chi connectivity index (χ0) is 14.8. The summed E-state index contributed by atoms with van der Waals surface area (Å²) in [5, 5.41) is 4.36. The van der Waals surface area contributed by atoms with Gasteiger partial charge >= 0.3 is 0 Å². The van der Waals surface area contributed by atoms with Crippen LogP contribution in [0.2, 0.25) is 0 Å². The minimum Gasteiger partial charge on any atom is -0.384 e. The molecular formula is C15H19N5O. The lowest BCUT2D eigenvalue weighted by molar-refractivity contribution is 0.0658. The summed E-state index contributed by atoms with van der Waals surface area (Å²) in [6, 6.07) is 11.2. The maximum Gasteiger partial charge on any atom is 0.274 e. The van der Waals surface area contributed by atoms with E-state index in [1.54, 1.807) is 10.7 Å². The summed E-state index contributed by atoms with van der Waals surface area (Å²) in [7, 11) is 2.06. The number of aromatic nitrogens is 2. The molecule has 2 N–H and O–H groups in total. The van der Waals surface area contributed by atoms with Crippen LogP contribution in [0.1, 0.15) is 10.5 Å². The Morgan fingerprint density at radius 3 is 2.48 bits per heavy atom. The molecular weight excluding hydrogens is 266 g/mol. The van der Waals surface area contributed by atoms with Gasteiger partial charge in [-0.3, -0.25) is 4.79 Å². The molecule has 0 bridgehead atoms. The van der Waals surface area contributed by atoms with Gasteiger partial charge in [0.2, 0.25) is 0 Å². The van der Waals surface area contributed by atoms with Crippen LogP contribution >= 0.6 is 0 Å². The van der Waals surface area contributed by atoms with E-state index in [9.17, 15) is 4.79 Å². The summed E-state index contributed by atoms with van der Waals surface area (Å²) in [5.41, 5.74) is 7.24. The third kappa shape index (κ3) is 2.75. The molecule has 2 heterocycles. The van der Waals surface area contributed by atoms with Crippen LogP contribution in [0.25, 0.3) is 5.69 Å². The van der Waals surface area contributed by atoms with Crippen LogP contribution in [0.3, 0.4) is 0 Å². The second-order valence-corrected chi connectivity index (χ2v) is 5.30. The highest BCUT2D eigenvalue weighted by molar-refractivity contribution is 5.93. The van der Waals surface area contributed by atoms with Gasteiger partial charge in [-0.05, 0) is 19.2 Å². The molecule has 1 aromatic carbocycles. The zero-order valence-corrected chi connectivity index (χ0v) is 12.1. The molecule has 0 spiro atoms. The lowest BCUT2D eigenvalue weighted by Crippen LogP contribution is -2.47. The van der Waals surface area contributed by atoms with Gasteiger partial charge in [-0.1, -0.05) is 18.2 Å². The summed E-state index contributed by atoms with van der Waals surface area (Å²) in [6.45, 7) is 3.24. The molecule has 0 radical (unpaired) electrons. The van der Waals surface area contributed by atoms with E-state index in [4.69, 9.17) is 5.73 Å². The molecule has 0 atom stereocenters. The Labute approximate surface area is 123 Å². The Kier molecular flexibility index (Phi) is 3.62. The molecule has 1 saturated heterocycles. The number of nitrogen functional groups attached to an aromatic ring is 1. The number of amides is 1. The molecule has 0 saturated carbocycles. The standard InChI is InChI=1S/C15H19N5O/c1-18-7-9-19(10-8-18)15(21)13-11-14(16)20(17-13)12-5-3-2-4-6-12/h2-6,11H,7-10,16H2,1H3. The summed E-state index contributed by atoms with van der Waals surface area (Å²) < 4.78 is 1.60. The van der Waals surface area contributed by atoms with Gasteiger partial charge in [-0.25, -0.2) is 4.68 Å². The van der Waals surface area contributed by atoms with E-state index >= 15 is 0 Å². The SMILES string of the molecule is CN1CCN(C(=O)c2cc(N)n(-c3ccccc3)n2)CC1. The summed E-state index contributed by atoms with van der Waals surface area (Å²) in [4.78, 5) is 16.5. The second-order valence-electron chi connectivity index (χ2n) is 5.30. The number of piperazine rings is 1. The van der Waals surface area contributed by atoms with Crippen molar-refractivity contribution in [3.8, 4) is 5.69 Å². The van der Waals surface area contributed by atoms with Gasteiger partial charge in [-0.15, -0.1) is 0 Å². The highest BCUT2D eigenvalue weighted by Gasteiger charge is 2.23. The largest absolute Gasteiger partial charge is 0.384 e. The zero-order valence-electron chi connectivity index (χ0n) is 12.1. The lowest BCUT2D eigenvalue weighted by atomic mass is 10.3. The first-order valence-corrected chi connectivity index (χ1v) is 7.04. The molecule has 1 aromatic heterocycles. The summed E-state index contributed by atoms with van der Waals surface area (Å²) in [5.74, 6) is 0.420. The Hall–Kier alpha value is -2.34. The van der Waals surface area contributed by atoms with Crippen molar-refractivity contribution in [3.05, 3.63) is 42.1 Å². The van der Waals surface area contributed by atoms with Crippen LogP contribution in [-0.2, 0) is 0 Å². The number of rotatable bonds is 2. The van der Waals surface area contributed by atoms with E-state index in [0.717, 1.165) is 31.9 Å². The van der Waals surface area contributed by atoms with Crippen LogP contribution in [0.15, 0.2) is 36.4 Å². The molecule has 0 unspecified atom stereocenters. The molecule has 21 heavy (non-hydrogen) atoms. The Balaban J connectivity index is 1.82. The van der Waals surface area contributed by atoms with Crippen LogP contribution in [0.5, 0.6) is 0 Å². The number of anilines is 1. The van der Waals surface area contributed by atoms with E-state index in [2.05, 4.69) is 17.0 Å². The van der Waals surface area contributed by atoms with Crippen LogP contribution in [0.4, 0.5) is 5.82 Å². The minimum atomic E-state index is -0.0514. The monoisotopic (exact) mass is 285 g/mol. The van der Waals surface area contributed by atoms with E-state index in [1.807, 2.05) is 35.2 Å². The molecule has 1 fully saturated rings. The summed E-state index contributed by atoms with van der Waals surface area (Å²) in [6.07, 6.45) is 0. The van der Waals surface area contributed by atoms with Crippen molar-refractivity contribution in [2.45, 2.75) is 0 Å². The van der Waals surface area contributed by atoms with Crippen molar-refractivity contribution in [3.63, 3.8) is 0 Å². The van der Waals surface area contributed by atoms with Gasteiger partial charge in [0, 0.05) is 32.2 Å². The topological polar surface area (TPSA) is 67.4 Å². The van der Waals surface area contributed by atoms with Crippen molar-refractivity contribution < 1.29 is 4.79 Å². The highest BCUT2D eigenvalue weighted by atomic mass is 16.2. The number of benzene rings is 1. The lowest BCUT2D eigenvalue weighted by Gasteiger charge is -2.31. The van der Waals surface area contributed by atoms with Crippen molar-refractivity contribution in [2.24, 2.45) is 0 Å². The minimum absolute atomic E-state index is 0.0514. The van der Waals surface area contributed by atoms with E-state index in [-0.39, 0.29) is 5.91 Å². The molecule has 0 aliphatic carbocycles. The van der Waals surface area contributed by atoms with E-state index in [0.29, 0.717) is 11.5 Å². The molecule has 110 valence electrons. The normalized spacial score (nSPS) is 16.1. The van der Waals surface area contributed by atoms with Gasteiger partial charge in [0.1, 0.15) is 5.82 Å². The number of likely N-dealkylation sites (N-methyl/N-ethyl adjacent to an activating group) is 1. The van der Waals surface area contributed by atoms with Crippen LogP contribution in [0, 0.1) is 0 Å². The van der Waals surface area contributed by atoms with Crippen molar-refractivity contribution in [1.29, 1.82) is 0 Å². The number of carbonyl (C=O) groups is 1. The van der Waals surface area contributed by atoms with Crippen molar-refractivity contribution in [2.75, 3.05) is 39.0 Å². The average Bonchev–Trinajstić information content (AvgIpc) is 2.90. The van der Waals surface area contributed by atoms with Crippen molar-refractivity contribution in [1.82, 2.24) is 19.6 Å². The molecule has 6 nitrogen and oxygen atoms in total. The third-order valence-corrected chi connectivity index (χ3v) is 3.75. The number of carbonyl (C=O) groups excluding carboxylic acids is 1. The van der Waals surface area contributed by atoms with Gasteiger partial charge in [0.05, 0.1) is 5.69 Å². The third-order valence-electron chi connectivity index (χ3n) is 3.75. The highest BCUT2D eigenvalue weighted by Crippen LogP contribution is 2.16. The maximum atomic E-state index is 12.5. The Morgan fingerprint density at radius 1 is 1.14 bits per heavy atom. The molecule has 1 amide bonds. The molecule has 3 rings (SSSR count). The first-order chi connectivity index (χ1) is 10.1. The first-order valence-electron chi connectivity index (χ1n) is 7.04. The average molecular weight is 285 g/mol. The molecule has 1 aliphatic heterocycles. The van der Waals surface area contributed by atoms with Gasteiger partial charge in [0.15, 0.2) is 5.69 Å². The number of para-hydroxylation sites is 1. The van der Waals surface area contributed by atoms with Crippen LogP contribution < -0.4 is 5.73 Å². The van der Waals surface area contributed by atoms with E-state index < -0.39 is 0 Å². The fraction of sp³-hybridized carbons (Fsp3) is 0.333. The first kappa shape index (κ1) is 13.6. The Morgan fingerprint density at radius 2 is 1.81 bits per heavy atom. The van der Waals surface area contributed by atoms with Gasteiger partial charge in [-0.2, -0.15) is 5.10 Å². The smallest absolute Gasteiger partial charge is 0.274 e. The maximum absolute atomic E-state index is 12.5. The van der Waals surface area contributed by atoms with E-state index in [1.165, 1.54) is 0 Å². The fourth-order valence-electron chi connectivity index (χ4n) is 2.45.